The molecule has 0 atom stereocenters. The van der Waals surface area contributed by atoms with Crippen LogP contribution in [0.2, 0.25) is 0 Å². The van der Waals surface area contributed by atoms with Gasteiger partial charge in [0.2, 0.25) is 0 Å². The fourth-order valence-electron chi connectivity index (χ4n) is 3.99. The van der Waals surface area contributed by atoms with E-state index in [1.54, 1.807) is 20.8 Å². The summed E-state index contributed by atoms with van der Waals surface area (Å²) >= 11 is 0. The molecule has 0 amide bonds. The number of azo groups is 1. The van der Waals surface area contributed by atoms with E-state index >= 15 is 0 Å². The van der Waals surface area contributed by atoms with Crippen molar-refractivity contribution in [1.29, 1.82) is 5.26 Å². The highest BCUT2D eigenvalue weighted by atomic mass is 16.4. The summed E-state index contributed by atoms with van der Waals surface area (Å²) in [5.41, 5.74) is 4.50. The largest absolute Gasteiger partial charge is 0.478 e. The lowest BCUT2D eigenvalue weighted by Gasteiger charge is -2.15. The van der Waals surface area contributed by atoms with Crippen molar-refractivity contribution in [2.24, 2.45) is 10.2 Å². The molecule has 0 bridgehead atoms. The summed E-state index contributed by atoms with van der Waals surface area (Å²) in [6, 6.07) is 8.49. The molecule has 0 spiro atoms. The van der Waals surface area contributed by atoms with Gasteiger partial charge in [0.1, 0.15) is 11.6 Å². The number of rotatable bonds is 8. The maximum atomic E-state index is 11.6. The first-order valence-electron chi connectivity index (χ1n) is 12.1. The van der Waals surface area contributed by atoms with Gasteiger partial charge in [-0.15, -0.1) is 10.2 Å². The molecular formula is C27H22N8O8. The molecule has 0 aliphatic carbocycles. The molecule has 0 radical (unpaired) electrons. The van der Waals surface area contributed by atoms with Crippen LogP contribution < -0.4 is 5.73 Å². The van der Waals surface area contributed by atoms with E-state index in [0.717, 1.165) is 39.8 Å². The first-order valence-corrected chi connectivity index (χ1v) is 12.1. The number of hydrogen-bond donors (Lipinski definition) is 5. The Labute approximate surface area is 241 Å². The molecule has 43 heavy (non-hydrogen) atoms. The van der Waals surface area contributed by atoms with Crippen LogP contribution in [0.25, 0.3) is 11.4 Å². The lowest BCUT2D eigenvalue weighted by molar-refractivity contribution is 0.0676. The minimum absolute atomic E-state index is 0.00672. The van der Waals surface area contributed by atoms with Crippen LogP contribution in [0, 0.1) is 11.3 Å². The van der Waals surface area contributed by atoms with Crippen LogP contribution in [0.1, 0.15) is 73.5 Å². The van der Waals surface area contributed by atoms with E-state index in [1.165, 1.54) is 12.1 Å². The number of benzene rings is 2. The summed E-state index contributed by atoms with van der Waals surface area (Å²) in [4.78, 5) is 46.5. The summed E-state index contributed by atoms with van der Waals surface area (Å²) in [6.45, 7) is 5.35. The van der Waals surface area contributed by atoms with Crippen molar-refractivity contribution in [2.75, 3.05) is 5.73 Å². The molecule has 0 unspecified atom stereocenters. The molecule has 2 heterocycles. The minimum Gasteiger partial charge on any atom is -0.478 e. The second-order valence-corrected chi connectivity index (χ2v) is 10.1. The van der Waals surface area contributed by atoms with Crippen molar-refractivity contribution < 1.29 is 39.6 Å². The van der Waals surface area contributed by atoms with Gasteiger partial charge in [-0.3, -0.25) is 0 Å². The minimum atomic E-state index is -1.40. The number of anilines is 1. The molecule has 0 saturated carbocycles. The number of nitrogens with two attached hydrogens (primary N) is 1. The lowest BCUT2D eigenvalue weighted by atomic mass is 9.91. The predicted molar refractivity (Wildman–Crippen MR) is 147 cm³/mol. The van der Waals surface area contributed by atoms with Gasteiger partial charge in [-0.1, -0.05) is 20.8 Å². The molecule has 2 aromatic heterocycles. The van der Waals surface area contributed by atoms with E-state index in [1.807, 2.05) is 6.07 Å². The molecule has 0 fully saturated rings. The number of nitrogen functional groups attached to an aromatic ring is 1. The van der Waals surface area contributed by atoms with Gasteiger partial charge in [0.05, 0.1) is 45.5 Å². The second-order valence-electron chi connectivity index (χ2n) is 10.1. The van der Waals surface area contributed by atoms with Gasteiger partial charge in [-0.25, -0.2) is 28.5 Å². The van der Waals surface area contributed by atoms with E-state index in [0.29, 0.717) is 0 Å². The third-order valence-corrected chi connectivity index (χ3v) is 6.03. The zero-order chi connectivity index (χ0) is 31.8. The van der Waals surface area contributed by atoms with Gasteiger partial charge < -0.3 is 26.2 Å². The van der Waals surface area contributed by atoms with Crippen LogP contribution in [-0.2, 0) is 5.41 Å². The molecule has 2 aromatic carbocycles. The predicted octanol–water partition coefficient (Wildman–Crippen LogP) is 4.02. The van der Waals surface area contributed by atoms with Crippen molar-refractivity contribution in [3.8, 4) is 17.4 Å². The van der Waals surface area contributed by atoms with E-state index in [-0.39, 0.29) is 62.2 Å². The summed E-state index contributed by atoms with van der Waals surface area (Å²) < 4.78 is 2.15. The van der Waals surface area contributed by atoms with Crippen molar-refractivity contribution in [2.45, 2.75) is 26.2 Å². The lowest BCUT2D eigenvalue weighted by Crippen LogP contribution is -2.13. The van der Waals surface area contributed by atoms with Crippen molar-refractivity contribution in [1.82, 2.24) is 19.6 Å². The zero-order valence-electron chi connectivity index (χ0n) is 22.7. The zero-order valence-corrected chi connectivity index (χ0v) is 22.7. The SMILES string of the molecule is CC(C)(C)c1nn(-c2cc(C(=O)O)cc(C(=O)O)c2)c(N)c1N=Nc1c(C#N)cnn1-c1cc(C(=O)O)cc(C(=O)O)c1. The quantitative estimate of drug-likeness (QED) is 0.183. The maximum Gasteiger partial charge on any atom is 0.335 e. The van der Waals surface area contributed by atoms with Gasteiger partial charge in [0.25, 0.3) is 0 Å². The van der Waals surface area contributed by atoms with Crippen LogP contribution in [0.15, 0.2) is 52.8 Å². The smallest absolute Gasteiger partial charge is 0.335 e. The maximum absolute atomic E-state index is 11.6. The molecule has 16 heteroatoms. The number of aromatic nitrogens is 4. The Morgan fingerprint density at radius 3 is 1.63 bits per heavy atom. The summed E-state index contributed by atoms with van der Waals surface area (Å²) in [7, 11) is 0. The second kappa shape index (κ2) is 10.9. The molecule has 4 rings (SSSR count). The van der Waals surface area contributed by atoms with Crippen molar-refractivity contribution >= 4 is 41.2 Å². The Hall–Kier alpha value is -6.37. The van der Waals surface area contributed by atoms with Gasteiger partial charge >= 0.3 is 23.9 Å². The average Bonchev–Trinajstić information content (AvgIpc) is 3.51. The van der Waals surface area contributed by atoms with Gasteiger partial charge in [0, 0.05) is 5.41 Å². The molecule has 6 N–H and O–H groups in total. The highest BCUT2D eigenvalue weighted by Gasteiger charge is 2.28. The van der Waals surface area contributed by atoms with Gasteiger partial charge in [-0.2, -0.15) is 15.5 Å². The number of nitrogens with zero attached hydrogens (tertiary/aromatic N) is 7. The van der Waals surface area contributed by atoms with E-state index in [9.17, 15) is 44.9 Å². The number of nitriles is 1. The first-order chi connectivity index (χ1) is 20.1. The molecule has 0 aliphatic heterocycles. The molecule has 16 nitrogen and oxygen atoms in total. The Kier molecular flexibility index (Phi) is 7.50. The molecule has 0 saturated heterocycles. The third kappa shape index (κ3) is 5.76. The first kappa shape index (κ1) is 29.6. The molecule has 4 aromatic rings. The third-order valence-electron chi connectivity index (χ3n) is 6.03. The topological polar surface area (TPSA) is 259 Å². The van der Waals surface area contributed by atoms with Crippen LogP contribution in [0.3, 0.4) is 0 Å². The van der Waals surface area contributed by atoms with Gasteiger partial charge in [-0.05, 0) is 36.4 Å². The van der Waals surface area contributed by atoms with Crippen LogP contribution in [0.5, 0.6) is 0 Å². The van der Waals surface area contributed by atoms with Crippen LogP contribution in [-0.4, -0.2) is 63.9 Å². The highest BCUT2D eigenvalue weighted by Crippen LogP contribution is 2.38. The molecule has 218 valence electrons. The summed E-state index contributed by atoms with van der Waals surface area (Å²) in [6.07, 6.45) is 1.13. The molecule has 0 aliphatic rings. The van der Waals surface area contributed by atoms with Crippen LogP contribution >= 0.6 is 0 Å². The van der Waals surface area contributed by atoms with E-state index < -0.39 is 29.3 Å². The number of carboxylic acids is 4. The number of aromatic carboxylic acids is 4. The fraction of sp³-hybridized carbons (Fsp3) is 0.148. The Balaban J connectivity index is 1.92. The number of carboxylic acid groups (broad SMARTS) is 4. The standard InChI is InChI=1S/C27H22N8O8/c1-27(2,3)20-19(21(29)34(33-20)17-6-12(23(36)37)4-13(7-17)24(38)39)31-32-22-16(10-28)11-30-35(22)18-8-14(25(40)41)5-15(9-18)26(42)43/h4-9,11H,29H2,1-3H3,(H,36,37)(H,38,39)(H,40,41)(H,42,43). The summed E-state index contributed by atoms with van der Waals surface area (Å²) in [5, 5.41) is 64.5. The summed E-state index contributed by atoms with van der Waals surface area (Å²) in [5.74, 6) is -5.86. The monoisotopic (exact) mass is 586 g/mol. The number of hydrogen-bond acceptors (Lipinski definition) is 10. The Morgan fingerprint density at radius 1 is 0.791 bits per heavy atom. The normalized spacial score (nSPS) is 11.4. The van der Waals surface area contributed by atoms with Crippen molar-refractivity contribution in [3.05, 3.63) is 76.1 Å². The fourth-order valence-corrected chi connectivity index (χ4v) is 3.99. The molecular weight excluding hydrogens is 564 g/mol. The Morgan fingerprint density at radius 2 is 1.23 bits per heavy atom. The van der Waals surface area contributed by atoms with Crippen molar-refractivity contribution in [3.63, 3.8) is 0 Å². The Bertz CT molecular complexity index is 1840. The van der Waals surface area contributed by atoms with E-state index in [2.05, 4.69) is 20.4 Å². The van der Waals surface area contributed by atoms with Crippen LogP contribution in [0.4, 0.5) is 17.3 Å². The van der Waals surface area contributed by atoms with E-state index in [4.69, 9.17) is 5.73 Å². The average molecular weight is 587 g/mol. The highest BCUT2D eigenvalue weighted by molar-refractivity contribution is 5.95. The van der Waals surface area contributed by atoms with Gasteiger partial charge in [0.15, 0.2) is 17.3 Å². The number of carbonyl (C=O) groups is 4.